The first kappa shape index (κ1) is 59.8. The molecule has 3 N–H and O–H groups in total. The van der Waals surface area contributed by atoms with Gasteiger partial charge in [-0.15, -0.1) is 0 Å². The monoisotopic (exact) mass is 893 g/mol. The molecule has 1 rings (SSSR count). The van der Waals surface area contributed by atoms with Gasteiger partial charge in [-0.1, -0.05) is 188 Å². The van der Waals surface area contributed by atoms with Crippen LogP contribution in [-0.4, -0.2) is 112 Å². The van der Waals surface area contributed by atoms with Gasteiger partial charge in [0.05, 0.1) is 32.5 Å². The van der Waals surface area contributed by atoms with Gasteiger partial charge in [0.1, 0.15) is 0 Å². The summed E-state index contributed by atoms with van der Waals surface area (Å²) < 4.78 is 12.5. The second-order valence-electron chi connectivity index (χ2n) is 19.7. The molecule has 1 aliphatic carbocycles. The normalized spacial score (nSPS) is 13.7. The molecule has 1 saturated carbocycles. The Morgan fingerprint density at radius 3 is 1.38 bits per heavy atom. The number of aliphatic hydroxyl groups excluding tert-OH is 1. The van der Waals surface area contributed by atoms with Gasteiger partial charge < -0.3 is 30.1 Å². The number of nitrogens with one attached hydrogen (secondary N) is 2. The highest BCUT2D eigenvalue weighted by molar-refractivity contribution is 5.76. The van der Waals surface area contributed by atoms with E-state index in [2.05, 4.69) is 55.2 Å². The van der Waals surface area contributed by atoms with Crippen LogP contribution in [0.15, 0.2) is 0 Å². The van der Waals surface area contributed by atoms with Crippen LogP contribution in [0.1, 0.15) is 240 Å². The van der Waals surface area contributed by atoms with Crippen molar-refractivity contribution in [2.24, 2.45) is 11.8 Å². The molecule has 374 valence electrons. The number of nitrogens with zero attached hydrogens (tertiary/aromatic N) is 2. The highest BCUT2D eigenvalue weighted by Crippen LogP contribution is 2.24. The first-order chi connectivity index (χ1) is 30.9. The molecular formula is C54H108N4O5. The van der Waals surface area contributed by atoms with Crippen LogP contribution in [0.2, 0.25) is 0 Å². The van der Waals surface area contributed by atoms with Gasteiger partial charge in [-0.3, -0.25) is 14.5 Å². The minimum Gasteiger partial charge on any atom is -0.395 e. The molecule has 2 amide bonds. The fourth-order valence-electron chi connectivity index (χ4n) is 9.19. The Morgan fingerprint density at radius 1 is 0.571 bits per heavy atom. The van der Waals surface area contributed by atoms with E-state index >= 15 is 0 Å². The summed E-state index contributed by atoms with van der Waals surface area (Å²) in [5, 5.41) is 16.2. The van der Waals surface area contributed by atoms with Crippen molar-refractivity contribution in [3.63, 3.8) is 0 Å². The summed E-state index contributed by atoms with van der Waals surface area (Å²) in [6, 6.07) is 0.586. The van der Waals surface area contributed by atoms with Gasteiger partial charge in [0, 0.05) is 58.2 Å². The zero-order valence-corrected chi connectivity index (χ0v) is 42.7. The van der Waals surface area contributed by atoms with Crippen LogP contribution in [0, 0.1) is 11.8 Å². The van der Waals surface area contributed by atoms with Crippen molar-refractivity contribution in [2.45, 2.75) is 252 Å². The highest BCUT2D eigenvalue weighted by Gasteiger charge is 2.25. The average molecular weight is 893 g/mol. The molecule has 0 bridgehead atoms. The van der Waals surface area contributed by atoms with Crippen LogP contribution in [-0.2, 0) is 19.1 Å². The summed E-state index contributed by atoms with van der Waals surface area (Å²) in [7, 11) is 2.12. The van der Waals surface area contributed by atoms with E-state index in [0.29, 0.717) is 57.1 Å². The predicted molar refractivity (Wildman–Crippen MR) is 269 cm³/mol. The molecule has 0 saturated heterocycles. The number of carbonyl (C=O) groups excluding carboxylic acids is 2. The fourth-order valence-corrected chi connectivity index (χ4v) is 9.19. The first-order valence-corrected chi connectivity index (χ1v) is 27.6. The van der Waals surface area contributed by atoms with Crippen LogP contribution < -0.4 is 10.6 Å². The Bertz CT molecular complexity index is 967. The topological polar surface area (TPSA) is 103 Å². The maximum atomic E-state index is 13.1. The van der Waals surface area contributed by atoms with Crippen LogP contribution in [0.4, 0.5) is 0 Å². The van der Waals surface area contributed by atoms with Crippen molar-refractivity contribution in [3.05, 3.63) is 0 Å². The number of rotatable bonds is 49. The molecule has 9 heteroatoms. The number of unbranched alkanes of at least 4 members (excludes halogenated alkanes) is 20. The van der Waals surface area contributed by atoms with E-state index in [0.717, 1.165) is 32.7 Å². The largest absolute Gasteiger partial charge is 0.395 e. The zero-order chi connectivity index (χ0) is 45.9. The Hall–Kier alpha value is -1.26. The van der Waals surface area contributed by atoms with Gasteiger partial charge in [-0.25, -0.2) is 0 Å². The van der Waals surface area contributed by atoms with E-state index in [4.69, 9.17) is 9.47 Å². The number of carbonyl (C=O) groups is 2. The SMILES string of the molecule is CCCCCCCCC(CCCCCCCC)CNC(=O)CCOCC(CN(C)CCN(CCO)C1CCC1)OCCC(=O)NCC(CCCCCCCC)CCCCCCCC. The summed E-state index contributed by atoms with van der Waals surface area (Å²) in [6.45, 7) is 15.1. The minimum absolute atomic E-state index is 0.0713. The lowest BCUT2D eigenvalue weighted by Gasteiger charge is -2.38. The van der Waals surface area contributed by atoms with Crippen LogP contribution in [0.25, 0.3) is 0 Å². The van der Waals surface area contributed by atoms with Crippen molar-refractivity contribution in [1.82, 2.24) is 20.4 Å². The number of aliphatic hydroxyl groups is 1. The van der Waals surface area contributed by atoms with Crippen molar-refractivity contribution in [1.29, 1.82) is 0 Å². The third-order valence-corrected chi connectivity index (χ3v) is 13.8. The van der Waals surface area contributed by atoms with Gasteiger partial charge in [0.2, 0.25) is 11.8 Å². The molecule has 0 heterocycles. The summed E-state index contributed by atoms with van der Waals surface area (Å²) in [4.78, 5) is 30.9. The molecule has 0 aromatic heterocycles. The molecule has 0 aromatic carbocycles. The van der Waals surface area contributed by atoms with Gasteiger partial charge in [0.25, 0.3) is 0 Å². The Balaban J connectivity index is 2.67. The quantitative estimate of drug-likeness (QED) is 0.0523. The van der Waals surface area contributed by atoms with E-state index in [1.54, 1.807) is 0 Å². The lowest BCUT2D eigenvalue weighted by Crippen LogP contribution is -2.46. The number of likely N-dealkylation sites (N-methyl/N-ethyl adjacent to an activating group) is 1. The molecule has 0 aliphatic heterocycles. The highest BCUT2D eigenvalue weighted by atomic mass is 16.5. The standard InChI is InChI=1S/C54H108N4O5/c1-6-10-14-18-22-26-31-49(32-27-23-19-15-11-7-2)45-55-53(60)37-43-62-48-52(47-57(5)39-40-58(41-42-59)51-35-30-36-51)63-44-38-54(61)56-46-50(33-28-24-20-16-12-8-3)34-29-25-21-17-13-9-4/h49-52,59H,6-48H2,1-5H3,(H,55,60)(H,56,61). The van der Waals surface area contributed by atoms with Gasteiger partial charge >= 0.3 is 0 Å². The molecule has 63 heavy (non-hydrogen) atoms. The van der Waals surface area contributed by atoms with Crippen LogP contribution >= 0.6 is 0 Å². The van der Waals surface area contributed by atoms with Crippen molar-refractivity contribution in [3.8, 4) is 0 Å². The molecule has 1 atom stereocenters. The predicted octanol–water partition coefficient (Wildman–Crippen LogP) is 12.4. The summed E-state index contributed by atoms with van der Waals surface area (Å²) in [5.41, 5.74) is 0. The molecule has 1 aliphatic rings. The summed E-state index contributed by atoms with van der Waals surface area (Å²) in [5.74, 6) is 1.25. The Labute approximate surface area is 391 Å². The number of amides is 2. The van der Waals surface area contributed by atoms with E-state index in [1.165, 1.54) is 199 Å². The summed E-state index contributed by atoms with van der Waals surface area (Å²) >= 11 is 0. The summed E-state index contributed by atoms with van der Waals surface area (Å²) in [6.07, 6.45) is 40.5. The lowest BCUT2D eigenvalue weighted by molar-refractivity contribution is -0.125. The van der Waals surface area contributed by atoms with Crippen molar-refractivity contribution < 1.29 is 24.2 Å². The van der Waals surface area contributed by atoms with Gasteiger partial charge in [-0.2, -0.15) is 0 Å². The molecule has 1 fully saturated rings. The number of hydrogen-bond acceptors (Lipinski definition) is 7. The minimum atomic E-state index is -0.201. The second-order valence-corrected chi connectivity index (χ2v) is 19.7. The third-order valence-electron chi connectivity index (χ3n) is 13.8. The van der Waals surface area contributed by atoms with Crippen LogP contribution in [0.3, 0.4) is 0 Å². The second kappa shape index (κ2) is 44.6. The molecule has 0 radical (unpaired) electrons. The zero-order valence-electron chi connectivity index (χ0n) is 42.7. The maximum Gasteiger partial charge on any atom is 0.222 e. The van der Waals surface area contributed by atoms with Gasteiger partial charge in [0.15, 0.2) is 0 Å². The van der Waals surface area contributed by atoms with E-state index in [-0.39, 0.29) is 24.5 Å². The first-order valence-electron chi connectivity index (χ1n) is 27.6. The fraction of sp³-hybridized carbons (Fsp3) is 0.963. The number of hydrogen-bond donors (Lipinski definition) is 3. The maximum absolute atomic E-state index is 13.1. The van der Waals surface area contributed by atoms with Crippen LogP contribution in [0.5, 0.6) is 0 Å². The number of ether oxygens (including phenoxy) is 2. The van der Waals surface area contributed by atoms with E-state index in [1.807, 2.05) is 0 Å². The Morgan fingerprint density at radius 2 is 0.984 bits per heavy atom. The Kier molecular flexibility index (Phi) is 42.3. The van der Waals surface area contributed by atoms with E-state index in [9.17, 15) is 14.7 Å². The average Bonchev–Trinajstić information content (AvgIpc) is 3.26. The molecule has 9 nitrogen and oxygen atoms in total. The molecular weight excluding hydrogens is 785 g/mol. The molecule has 0 spiro atoms. The smallest absolute Gasteiger partial charge is 0.222 e. The van der Waals surface area contributed by atoms with Gasteiger partial charge in [-0.05, 0) is 57.4 Å². The van der Waals surface area contributed by atoms with Crippen molar-refractivity contribution in [2.75, 3.05) is 72.7 Å². The third kappa shape index (κ3) is 36.5. The van der Waals surface area contributed by atoms with E-state index < -0.39 is 0 Å². The molecule has 0 aromatic rings. The molecule has 1 unspecified atom stereocenters. The van der Waals surface area contributed by atoms with Crippen molar-refractivity contribution >= 4 is 11.8 Å². The lowest BCUT2D eigenvalue weighted by atomic mass is 9.91.